The van der Waals surface area contributed by atoms with Gasteiger partial charge in [0.1, 0.15) is 5.65 Å². The van der Waals surface area contributed by atoms with Crippen molar-refractivity contribution >= 4 is 38.4 Å². The average molecular weight is 576 g/mol. The van der Waals surface area contributed by atoms with Crippen LogP contribution in [0.3, 0.4) is 0 Å². The largest absolute Gasteiger partial charge is 0.298 e. The van der Waals surface area contributed by atoms with Crippen LogP contribution in [0.5, 0.6) is 0 Å². The maximum absolute atomic E-state index is 5.18. The van der Waals surface area contributed by atoms with Gasteiger partial charge in [0.2, 0.25) is 0 Å². The van der Waals surface area contributed by atoms with E-state index in [4.69, 9.17) is 15.0 Å². The molecule has 9 rings (SSSR count). The minimum absolute atomic E-state index is 0.885. The number of hydrogen-bond acceptors (Lipinski definition) is 4. The second kappa shape index (κ2) is 10.2. The topological polar surface area (TPSA) is 56.0 Å². The van der Waals surface area contributed by atoms with Crippen molar-refractivity contribution < 1.29 is 0 Å². The number of imidazole rings is 1. The summed E-state index contributed by atoms with van der Waals surface area (Å²) < 4.78 is 2.11. The van der Waals surface area contributed by atoms with E-state index >= 15 is 0 Å². The van der Waals surface area contributed by atoms with Crippen LogP contribution in [0.1, 0.15) is 0 Å². The molecule has 45 heavy (non-hydrogen) atoms. The molecule has 5 heteroatoms. The van der Waals surface area contributed by atoms with Crippen molar-refractivity contribution in [2.45, 2.75) is 0 Å². The Bertz CT molecular complexity index is 2520. The minimum Gasteiger partial charge on any atom is -0.298 e. The standard InChI is InChI=1S/C40H25N5/c1-2-10-26(11-3-1)32-23-21-28-20-22-31-36(30-12-4-5-13-33(30)43-39(31)37(28)42-32)27-16-18-29(19-17-27)38-40(34-14-6-8-24-41-34)45-25-9-7-15-35(45)44-38/h1-25H. The number of hydrogen-bond donors (Lipinski definition) is 0. The van der Waals surface area contributed by atoms with Gasteiger partial charge in [-0.25, -0.2) is 15.0 Å². The Morgan fingerprint density at radius 2 is 1.24 bits per heavy atom. The smallest absolute Gasteiger partial charge is 0.137 e. The summed E-state index contributed by atoms with van der Waals surface area (Å²) in [7, 11) is 0. The molecule has 0 radical (unpaired) electrons. The molecule has 210 valence electrons. The molecule has 0 saturated carbocycles. The van der Waals surface area contributed by atoms with Gasteiger partial charge in [0.05, 0.1) is 39.3 Å². The molecule has 0 spiro atoms. The van der Waals surface area contributed by atoms with Gasteiger partial charge >= 0.3 is 0 Å². The lowest BCUT2D eigenvalue weighted by Crippen LogP contribution is -1.93. The van der Waals surface area contributed by atoms with E-state index in [1.165, 1.54) is 0 Å². The first-order chi connectivity index (χ1) is 22.3. The molecule has 5 aromatic heterocycles. The summed E-state index contributed by atoms with van der Waals surface area (Å²) >= 11 is 0. The normalized spacial score (nSPS) is 11.6. The number of benzene rings is 4. The Hall–Kier alpha value is -6.20. The summed E-state index contributed by atoms with van der Waals surface area (Å²) in [6, 6.07) is 48.0. The van der Waals surface area contributed by atoms with Crippen molar-refractivity contribution in [1.29, 1.82) is 0 Å². The highest BCUT2D eigenvalue weighted by molar-refractivity contribution is 6.16. The summed E-state index contributed by atoms with van der Waals surface area (Å²) in [5, 5.41) is 3.26. The fraction of sp³-hybridized carbons (Fsp3) is 0. The van der Waals surface area contributed by atoms with Crippen LogP contribution in [0.2, 0.25) is 0 Å². The molecule has 0 N–H and O–H groups in total. The third-order valence-electron chi connectivity index (χ3n) is 8.46. The van der Waals surface area contributed by atoms with Crippen LogP contribution in [0.15, 0.2) is 152 Å². The van der Waals surface area contributed by atoms with Gasteiger partial charge in [-0.05, 0) is 42.0 Å². The first-order valence-corrected chi connectivity index (χ1v) is 15.0. The van der Waals surface area contributed by atoms with Crippen LogP contribution in [0.25, 0.3) is 83.4 Å². The van der Waals surface area contributed by atoms with E-state index in [2.05, 4.69) is 88.2 Å². The number of aromatic nitrogens is 5. The second-order valence-electron chi connectivity index (χ2n) is 11.1. The lowest BCUT2D eigenvalue weighted by molar-refractivity contribution is 1.17. The van der Waals surface area contributed by atoms with Crippen LogP contribution in [0, 0.1) is 0 Å². The highest BCUT2D eigenvalue weighted by Gasteiger charge is 2.18. The molecule has 5 heterocycles. The van der Waals surface area contributed by atoms with E-state index in [-0.39, 0.29) is 0 Å². The molecule has 0 amide bonds. The van der Waals surface area contributed by atoms with Gasteiger partial charge in [0.25, 0.3) is 0 Å². The molecule has 0 aliphatic rings. The van der Waals surface area contributed by atoms with Crippen molar-refractivity contribution in [3.8, 4) is 45.0 Å². The van der Waals surface area contributed by atoms with Crippen molar-refractivity contribution in [2.75, 3.05) is 0 Å². The zero-order valence-electron chi connectivity index (χ0n) is 24.2. The van der Waals surface area contributed by atoms with E-state index in [1.54, 1.807) is 0 Å². The SMILES string of the molecule is c1ccc(-c2ccc3ccc4c(-c5ccc(-c6nc7ccccn7c6-c6ccccn6)cc5)c5ccccc5nc4c3n2)cc1. The number of para-hydroxylation sites is 1. The third-order valence-corrected chi connectivity index (χ3v) is 8.46. The predicted molar refractivity (Wildman–Crippen MR) is 183 cm³/mol. The molecule has 5 nitrogen and oxygen atoms in total. The van der Waals surface area contributed by atoms with Gasteiger partial charge in [-0.15, -0.1) is 0 Å². The zero-order valence-corrected chi connectivity index (χ0v) is 24.2. The van der Waals surface area contributed by atoms with Crippen molar-refractivity contribution in [3.63, 3.8) is 0 Å². The van der Waals surface area contributed by atoms with Crippen molar-refractivity contribution in [2.24, 2.45) is 0 Å². The molecule has 0 bridgehead atoms. The fourth-order valence-corrected chi connectivity index (χ4v) is 6.36. The van der Waals surface area contributed by atoms with Crippen LogP contribution in [-0.4, -0.2) is 24.3 Å². The number of fused-ring (bicyclic) bond motifs is 5. The lowest BCUT2D eigenvalue weighted by Gasteiger charge is -2.14. The highest BCUT2D eigenvalue weighted by atomic mass is 15.0. The monoisotopic (exact) mass is 575 g/mol. The summed E-state index contributed by atoms with van der Waals surface area (Å²) in [6.07, 6.45) is 3.87. The third kappa shape index (κ3) is 4.17. The molecule has 4 aromatic carbocycles. The second-order valence-corrected chi connectivity index (χ2v) is 11.1. The molecule has 0 atom stereocenters. The van der Waals surface area contributed by atoms with E-state index in [9.17, 15) is 0 Å². The van der Waals surface area contributed by atoms with Gasteiger partial charge < -0.3 is 0 Å². The quantitative estimate of drug-likeness (QED) is 0.155. The van der Waals surface area contributed by atoms with Gasteiger partial charge in [-0.1, -0.05) is 103 Å². The molecular weight excluding hydrogens is 550 g/mol. The van der Waals surface area contributed by atoms with E-state index in [1.807, 2.05) is 73.1 Å². The van der Waals surface area contributed by atoms with E-state index in [0.29, 0.717) is 0 Å². The summed E-state index contributed by atoms with van der Waals surface area (Å²) in [6.45, 7) is 0. The maximum Gasteiger partial charge on any atom is 0.137 e. The zero-order chi connectivity index (χ0) is 29.7. The van der Waals surface area contributed by atoms with Gasteiger partial charge in [0, 0.05) is 45.2 Å². The number of rotatable bonds is 4. The summed E-state index contributed by atoms with van der Waals surface area (Å²) in [4.78, 5) is 20.0. The molecule has 0 saturated heterocycles. The fourth-order valence-electron chi connectivity index (χ4n) is 6.36. The number of nitrogens with zero attached hydrogens (tertiary/aromatic N) is 5. The molecular formula is C40H25N5. The Labute approximate surface area is 259 Å². The molecule has 0 aliphatic carbocycles. The van der Waals surface area contributed by atoms with Crippen LogP contribution >= 0.6 is 0 Å². The van der Waals surface area contributed by atoms with Crippen LogP contribution in [0.4, 0.5) is 0 Å². The van der Waals surface area contributed by atoms with Crippen molar-refractivity contribution in [1.82, 2.24) is 24.3 Å². The predicted octanol–water partition coefficient (Wildman–Crippen LogP) is 9.65. The van der Waals surface area contributed by atoms with Crippen LogP contribution in [-0.2, 0) is 0 Å². The van der Waals surface area contributed by atoms with E-state index in [0.717, 1.165) is 83.4 Å². The maximum atomic E-state index is 5.18. The Morgan fingerprint density at radius 1 is 0.467 bits per heavy atom. The van der Waals surface area contributed by atoms with Gasteiger partial charge in [0.15, 0.2) is 0 Å². The summed E-state index contributed by atoms with van der Waals surface area (Å²) in [5.41, 5.74) is 11.7. The average Bonchev–Trinajstić information content (AvgIpc) is 3.51. The molecule has 0 aliphatic heterocycles. The number of pyridine rings is 4. The highest BCUT2D eigenvalue weighted by Crippen LogP contribution is 2.39. The Balaban J connectivity index is 1.25. The first kappa shape index (κ1) is 25.3. The first-order valence-electron chi connectivity index (χ1n) is 15.0. The molecule has 0 unspecified atom stereocenters. The summed E-state index contributed by atoms with van der Waals surface area (Å²) in [5.74, 6) is 0. The molecule has 0 fully saturated rings. The van der Waals surface area contributed by atoms with E-state index < -0.39 is 0 Å². The van der Waals surface area contributed by atoms with Gasteiger partial charge in [-0.3, -0.25) is 9.38 Å². The Morgan fingerprint density at radius 3 is 2.11 bits per heavy atom. The molecule has 9 aromatic rings. The lowest BCUT2D eigenvalue weighted by atomic mass is 9.94. The van der Waals surface area contributed by atoms with Crippen LogP contribution < -0.4 is 0 Å². The van der Waals surface area contributed by atoms with Gasteiger partial charge in [-0.2, -0.15) is 0 Å². The minimum atomic E-state index is 0.885. The van der Waals surface area contributed by atoms with Crippen molar-refractivity contribution in [3.05, 3.63) is 152 Å². The Kier molecular flexibility index (Phi) is 5.74.